The summed E-state index contributed by atoms with van der Waals surface area (Å²) in [7, 11) is 0. The van der Waals surface area contributed by atoms with Gasteiger partial charge in [0.2, 0.25) is 0 Å². The molecule has 4 aromatic heterocycles. The molecular weight excluding hydrogens is 622 g/mol. The lowest BCUT2D eigenvalue weighted by Crippen LogP contribution is -2.27. The summed E-state index contributed by atoms with van der Waals surface area (Å²) in [5.41, 5.74) is 6.65. The first-order chi connectivity index (χ1) is 22.0. The van der Waals surface area contributed by atoms with Crippen LogP contribution in [0.25, 0.3) is 43.5 Å². The van der Waals surface area contributed by atoms with Crippen molar-refractivity contribution in [1.29, 1.82) is 5.26 Å². The number of hydrogen-bond donors (Lipinski definition) is 1. The first-order valence-electron chi connectivity index (χ1n) is 14.4. The molecule has 2 aromatic carbocycles. The molecule has 9 nitrogen and oxygen atoms in total. The van der Waals surface area contributed by atoms with Crippen molar-refractivity contribution in [2.24, 2.45) is 0 Å². The number of pyridine rings is 2. The maximum Gasteiger partial charge on any atom is 0.338 e. The second-order valence-electron chi connectivity index (χ2n) is 11.1. The fourth-order valence-electron chi connectivity index (χ4n) is 5.86. The van der Waals surface area contributed by atoms with Crippen molar-refractivity contribution in [2.75, 3.05) is 6.61 Å². The van der Waals surface area contributed by atoms with E-state index in [1.165, 1.54) is 15.9 Å². The Morgan fingerprint density at radius 3 is 2.46 bits per heavy atom. The van der Waals surface area contributed by atoms with Crippen molar-refractivity contribution in [3.05, 3.63) is 103 Å². The molecule has 11 heteroatoms. The number of ether oxygens (including phenoxy) is 1. The molecule has 0 amide bonds. The van der Waals surface area contributed by atoms with Crippen LogP contribution >= 0.6 is 22.9 Å². The van der Waals surface area contributed by atoms with Gasteiger partial charge in [-0.2, -0.15) is 5.26 Å². The van der Waals surface area contributed by atoms with Crippen LogP contribution in [0.5, 0.6) is 5.75 Å². The van der Waals surface area contributed by atoms with Crippen LogP contribution in [0.1, 0.15) is 44.3 Å². The summed E-state index contributed by atoms with van der Waals surface area (Å²) in [6.07, 6.45) is 0. The van der Waals surface area contributed by atoms with E-state index in [9.17, 15) is 20.0 Å². The van der Waals surface area contributed by atoms with Crippen LogP contribution in [0.3, 0.4) is 0 Å². The van der Waals surface area contributed by atoms with Crippen molar-refractivity contribution in [3.63, 3.8) is 0 Å². The molecule has 46 heavy (non-hydrogen) atoms. The van der Waals surface area contributed by atoms with E-state index in [0.29, 0.717) is 55.0 Å². The van der Waals surface area contributed by atoms with E-state index in [4.69, 9.17) is 26.3 Å². The SMILES string of the molecule is Cc1cc(-c2cc(Cl)ccc2OCCn2c(C)nc3c(C)nc(-c4c(C)cccc4C)c(C#N)c3c2=O)c2scc(C(=O)O)c2n1. The van der Waals surface area contributed by atoms with Gasteiger partial charge >= 0.3 is 5.97 Å². The third-order valence-electron chi connectivity index (χ3n) is 7.98. The molecule has 0 atom stereocenters. The minimum Gasteiger partial charge on any atom is -0.491 e. The summed E-state index contributed by atoms with van der Waals surface area (Å²) in [6.45, 7) is 9.53. The highest BCUT2D eigenvalue weighted by molar-refractivity contribution is 7.18. The van der Waals surface area contributed by atoms with E-state index < -0.39 is 5.97 Å². The van der Waals surface area contributed by atoms with E-state index in [1.54, 1.807) is 44.4 Å². The quantitative estimate of drug-likeness (QED) is 0.187. The lowest BCUT2D eigenvalue weighted by molar-refractivity contribution is 0.0699. The number of thiophene rings is 1. The average Bonchev–Trinajstić information content (AvgIpc) is 3.43. The number of carboxylic acids is 1. The minimum absolute atomic E-state index is 0.107. The Bertz CT molecular complexity index is 2320. The Morgan fingerprint density at radius 2 is 1.76 bits per heavy atom. The summed E-state index contributed by atoms with van der Waals surface area (Å²) in [5, 5.41) is 22.3. The number of rotatable bonds is 7. The van der Waals surface area contributed by atoms with E-state index in [-0.39, 0.29) is 35.2 Å². The van der Waals surface area contributed by atoms with Crippen LogP contribution in [0.4, 0.5) is 0 Å². The predicted octanol–water partition coefficient (Wildman–Crippen LogP) is 7.58. The average molecular weight is 650 g/mol. The number of aryl methyl sites for hydroxylation is 5. The molecular formula is C35H28ClN5O4S. The standard InChI is InChI=1S/C35H28ClN5O4S/c1-17-7-6-8-18(2)28(17)31-25(15-37)29-30(20(4)39-31)40-21(5)41(34(29)42)11-12-45-27-10-9-22(36)14-23(27)24-13-19(3)38-32-26(35(43)44)16-46-33(24)32/h6-10,13-14,16H,11-12H2,1-5H3,(H,43,44). The molecule has 0 saturated heterocycles. The Balaban J connectivity index is 1.40. The summed E-state index contributed by atoms with van der Waals surface area (Å²) in [5.74, 6) is -0.0669. The molecule has 0 radical (unpaired) electrons. The van der Waals surface area contributed by atoms with E-state index in [0.717, 1.165) is 22.3 Å². The summed E-state index contributed by atoms with van der Waals surface area (Å²) < 4.78 is 8.48. The van der Waals surface area contributed by atoms with Crippen LogP contribution < -0.4 is 10.3 Å². The van der Waals surface area contributed by atoms with E-state index >= 15 is 0 Å². The molecule has 0 aliphatic carbocycles. The van der Waals surface area contributed by atoms with Gasteiger partial charge in [0.15, 0.2) is 0 Å². The van der Waals surface area contributed by atoms with Crippen LogP contribution in [-0.4, -0.2) is 37.2 Å². The van der Waals surface area contributed by atoms with Crippen molar-refractivity contribution in [2.45, 2.75) is 41.2 Å². The zero-order chi connectivity index (χ0) is 32.9. The fourth-order valence-corrected chi connectivity index (χ4v) is 7.04. The maximum atomic E-state index is 14.1. The normalized spacial score (nSPS) is 11.2. The summed E-state index contributed by atoms with van der Waals surface area (Å²) in [6, 6.07) is 15.2. The molecule has 0 bridgehead atoms. The monoisotopic (exact) mass is 649 g/mol. The topological polar surface area (TPSA) is 131 Å². The molecule has 1 N–H and O–H groups in total. The number of aromatic carboxylic acids is 1. The minimum atomic E-state index is -1.05. The number of carbonyl (C=O) groups is 1. The van der Waals surface area contributed by atoms with E-state index in [1.807, 2.05) is 38.1 Å². The summed E-state index contributed by atoms with van der Waals surface area (Å²) in [4.78, 5) is 39.8. The van der Waals surface area contributed by atoms with Gasteiger partial charge in [-0.3, -0.25) is 14.3 Å². The van der Waals surface area contributed by atoms with Crippen LogP contribution in [0, 0.1) is 45.9 Å². The highest BCUT2D eigenvalue weighted by Gasteiger charge is 2.23. The van der Waals surface area contributed by atoms with Gasteiger partial charge in [-0.25, -0.2) is 14.8 Å². The number of nitriles is 1. The van der Waals surface area contributed by atoms with Crippen molar-refractivity contribution in [3.8, 4) is 34.2 Å². The number of aromatic nitrogens is 4. The third-order valence-corrected chi connectivity index (χ3v) is 9.22. The van der Waals surface area contributed by atoms with Gasteiger partial charge < -0.3 is 9.84 Å². The van der Waals surface area contributed by atoms with Gasteiger partial charge in [0.25, 0.3) is 5.56 Å². The first kappa shape index (κ1) is 30.9. The lowest BCUT2D eigenvalue weighted by atomic mass is 9.95. The van der Waals surface area contributed by atoms with Gasteiger partial charge in [-0.15, -0.1) is 11.3 Å². The molecule has 230 valence electrons. The number of halogens is 1. The highest BCUT2D eigenvalue weighted by Crippen LogP contribution is 2.40. The van der Waals surface area contributed by atoms with Crippen molar-refractivity contribution in [1.82, 2.24) is 19.5 Å². The maximum absolute atomic E-state index is 14.1. The number of hydrogen-bond acceptors (Lipinski definition) is 8. The van der Waals surface area contributed by atoms with Crippen LogP contribution in [0.15, 0.2) is 52.6 Å². The van der Waals surface area contributed by atoms with Crippen LogP contribution in [0.2, 0.25) is 5.02 Å². The van der Waals surface area contributed by atoms with E-state index in [2.05, 4.69) is 11.1 Å². The predicted molar refractivity (Wildman–Crippen MR) is 180 cm³/mol. The first-order valence-corrected chi connectivity index (χ1v) is 15.7. The van der Waals surface area contributed by atoms with Gasteiger partial charge in [0, 0.05) is 32.8 Å². The molecule has 0 unspecified atom stereocenters. The number of benzene rings is 2. The molecule has 0 aliphatic rings. The molecule has 0 aliphatic heterocycles. The number of fused-ring (bicyclic) bond motifs is 2. The van der Waals surface area contributed by atoms with Crippen molar-refractivity contribution < 1.29 is 14.6 Å². The van der Waals surface area contributed by atoms with Gasteiger partial charge in [0.05, 0.1) is 44.7 Å². The Kier molecular flexibility index (Phi) is 8.06. The van der Waals surface area contributed by atoms with Gasteiger partial charge in [0.1, 0.15) is 29.8 Å². The number of nitrogens with zero attached hydrogens (tertiary/aromatic N) is 5. The van der Waals surface area contributed by atoms with Gasteiger partial charge in [-0.1, -0.05) is 29.8 Å². The molecule has 6 aromatic rings. The fraction of sp³-hybridized carbons (Fsp3) is 0.200. The lowest BCUT2D eigenvalue weighted by Gasteiger charge is -2.17. The molecule has 4 heterocycles. The molecule has 0 spiro atoms. The molecule has 0 fully saturated rings. The van der Waals surface area contributed by atoms with Crippen molar-refractivity contribution >= 4 is 50.0 Å². The zero-order valence-electron chi connectivity index (χ0n) is 25.7. The Labute approximate surface area is 273 Å². The second-order valence-corrected chi connectivity index (χ2v) is 12.4. The summed E-state index contributed by atoms with van der Waals surface area (Å²) >= 11 is 7.70. The smallest absolute Gasteiger partial charge is 0.338 e. The largest absolute Gasteiger partial charge is 0.491 e. The number of carboxylic acid groups (broad SMARTS) is 1. The highest BCUT2D eigenvalue weighted by atomic mass is 35.5. The molecule has 6 rings (SSSR count). The second kappa shape index (κ2) is 12.0. The van der Waals surface area contributed by atoms with Crippen LogP contribution in [-0.2, 0) is 6.54 Å². The van der Waals surface area contributed by atoms with Gasteiger partial charge in [-0.05, 0) is 70.0 Å². The molecule has 0 saturated carbocycles. The zero-order valence-corrected chi connectivity index (χ0v) is 27.3. The Morgan fingerprint density at radius 1 is 1.02 bits per heavy atom. The third kappa shape index (κ3) is 5.27. The Hall–Kier alpha value is -5.11.